The molecule has 1 fully saturated rings. The van der Waals surface area contributed by atoms with Crippen LogP contribution in [0, 0.1) is 6.92 Å². The molecule has 39 heavy (non-hydrogen) atoms. The van der Waals surface area contributed by atoms with E-state index in [1.165, 1.54) is 38.4 Å². The Morgan fingerprint density at radius 1 is 0.872 bits per heavy atom. The van der Waals surface area contributed by atoms with Crippen molar-refractivity contribution in [3.05, 3.63) is 53.2 Å². The zero-order valence-corrected chi connectivity index (χ0v) is 23.4. The van der Waals surface area contributed by atoms with E-state index in [1.807, 2.05) is 19.1 Å². The number of methoxy groups -OCH3 is 4. The van der Waals surface area contributed by atoms with Crippen molar-refractivity contribution in [1.82, 2.24) is 9.97 Å². The summed E-state index contributed by atoms with van der Waals surface area (Å²) in [7, 11) is 6.29. The first-order chi connectivity index (χ1) is 19.0. The highest BCUT2D eigenvalue weighted by molar-refractivity contribution is 7.20. The first-order valence-corrected chi connectivity index (χ1v) is 13.3. The number of hydrogen-bond acceptors (Lipinski definition) is 10. The van der Waals surface area contributed by atoms with Gasteiger partial charge in [-0.2, -0.15) is 0 Å². The van der Waals surface area contributed by atoms with Crippen molar-refractivity contribution in [2.75, 3.05) is 69.7 Å². The number of benzene rings is 2. The molecule has 0 radical (unpaired) electrons. The Hall–Kier alpha value is -4.25. The predicted molar refractivity (Wildman–Crippen MR) is 154 cm³/mol. The first kappa shape index (κ1) is 26.4. The fourth-order valence-corrected chi connectivity index (χ4v) is 5.86. The second-order valence-electron chi connectivity index (χ2n) is 8.97. The average molecular weight is 550 g/mol. The van der Waals surface area contributed by atoms with Crippen molar-refractivity contribution in [1.29, 1.82) is 0 Å². The van der Waals surface area contributed by atoms with Gasteiger partial charge in [0.15, 0.2) is 11.5 Å². The lowest BCUT2D eigenvalue weighted by molar-refractivity contribution is 0.103. The minimum atomic E-state index is -0.236. The van der Waals surface area contributed by atoms with Crippen molar-refractivity contribution in [3.63, 3.8) is 0 Å². The van der Waals surface area contributed by atoms with Crippen LogP contribution in [-0.2, 0) is 0 Å². The number of carbonyl (C=O) groups excluding carboxylic acids is 1. The van der Waals surface area contributed by atoms with Gasteiger partial charge in [0.2, 0.25) is 5.75 Å². The Balaban J connectivity index is 1.37. The Labute approximate surface area is 231 Å². The van der Waals surface area contributed by atoms with Gasteiger partial charge in [-0.3, -0.25) is 4.79 Å². The molecule has 0 unspecified atom stereocenters. The van der Waals surface area contributed by atoms with Crippen LogP contribution < -0.4 is 34.1 Å². The van der Waals surface area contributed by atoms with E-state index in [1.54, 1.807) is 25.6 Å². The lowest BCUT2D eigenvalue weighted by atomic mass is 10.1. The number of thiophene rings is 1. The summed E-state index contributed by atoms with van der Waals surface area (Å²) in [6.45, 7) is 5.27. The molecule has 2 aromatic heterocycles. The van der Waals surface area contributed by atoms with Crippen molar-refractivity contribution < 1.29 is 23.7 Å². The third-order valence-electron chi connectivity index (χ3n) is 6.85. The van der Waals surface area contributed by atoms with E-state index in [4.69, 9.17) is 18.9 Å². The normalized spacial score (nSPS) is 13.4. The second kappa shape index (κ2) is 11.2. The maximum absolute atomic E-state index is 13.4. The zero-order chi connectivity index (χ0) is 27.5. The molecule has 1 N–H and O–H groups in total. The molecular weight excluding hydrogens is 518 g/mol. The number of piperazine rings is 1. The summed E-state index contributed by atoms with van der Waals surface area (Å²) >= 11 is 1.36. The van der Waals surface area contributed by atoms with Crippen LogP contribution in [0.2, 0.25) is 0 Å². The van der Waals surface area contributed by atoms with E-state index in [-0.39, 0.29) is 5.91 Å². The fourth-order valence-electron chi connectivity index (χ4n) is 4.82. The molecule has 2 aromatic carbocycles. The lowest BCUT2D eigenvalue weighted by Gasteiger charge is -2.37. The van der Waals surface area contributed by atoms with E-state index >= 15 is 0 Å². The summed E-state index contributed by atoms with van der Waals surface area (Å²) in [5, 5.41) is 3.88. The number of rotatable bonds is 8. The number of hydrogen-bond donors (Lipinski definition) is 1. The highest BCUT2D eigenvalue weighted by Crippen LogP contribution is 2.41. The molecule has 3 heterocycles. The number of amides is 1. The number of fused-ring (bicyclic) bond motifs is 1. The van der Waals surface area contributed by atoms with E-state index in [0.717, 1.165) is 53.5 Å². The number of carbonyl (C=O) groups is 1. The van der Waals surface area contributed by atoms with Gasteiger partial charge in [-0.05, 0) is 36.8 Å². The Bertz CT molecular complexity index is 1460. The summed E-state index contributed by atoms with van der Waals surface area (Å²) in [6.07, 6.45) is 1.57. The van der Waals surface area contributed by atoms with Gasteiger partial charge in [0.25, 0.3) is 5.91 Å². The summed E-state index contributed by atoms with van der Waals surface area (Å²) in [6, 6.07) is 11.5. The third-order valence-corrected chi connectivity index (χ3v) is 8.05. The van der Waals surface area contributed by atoms with Crippen LogP contribution >= 0.6 is 11.3 Å². The summed E-state index contributed by atoms with van der Waals surface area (Å²) in [5.41, 5.74) is 2.56. The van der Waals surface area contributed by atoms with Crippen molar-refractivity contribution in [2.45, 2.75) is 6.92 Å². The Morgan fingerprint density at radius 2 is 1.51 bits per heavy atom. The smallest absolute Gasteiger partial charge is 0.266 e. The molecular formula is C28H31N5O5S. The topological polar surface area (TPSA) is 98.3 Å². The predicted octanol–water partition coefficient (Wildman–Crippen LogP) is 4.61. The van der Waals surface area contributed by atoms with Crippen molar-refractivity contribution in [3.8, 4) is 23.0 Å². The molecule has 1 amide bonds. The molecule has 1 aliphatic heterocycles. The standard InChI is InChI=1S/C28H31N5O5S/c1-17-23-26(33-12-10-32(11-13-33)19-6-8-20(35-2)9-7-19)29-16-30-28(23)39-25(17)27(34)31-18-14-21(36-3)24(38-5)22(15-18)37-4/h6-9,14-16H,10-13H2,1-5H3,(H,31,34). The molecule has 4 aromatic rings. The van der Waals surface area contributed by atoms with Crippen LogP contribution in [0.3, 0.4) is 0 Å². The number of nitrogens with zero attached hydrogens (tertiary/aromatic N) is 4. The maximum Gasteiger partial charge on any atom is 0.266 e. The molecule has 10 nitrogen and oxygen atoms in total. The quantitative estimate of drug-likeness (QED) is 0.338. The van der Waals surface area contributed by atoms with Crippen LogP contribution in [0.15, 0.2) is 42.7 Å². The van der Waals surface area contributed by atoms with E-state index < -0.39 is 0 Å². The van der Waals surface area contributed by atoms with Gasteiger partial charge in [-0.15, -0.1) is 11.3 Å². The molecule has 0 atom stereocenters. The van der Waals surface area contributed by atoms with Gasteiger partial charge in [0, 0.05) is 49.7 Å². The van der Waals surface area contributed by atoms with Crippen LogP contribution in [0.1, 0.15) is 15.2 Å². The minimum Gasteiger partial charge on any atom is -0.497 e. The third kappa shape index (κ3) is 5.09. The first-order valence-electron chi connectivity index (χ1n) is 12.5. The Kier molecular flexibility index (Phi) is 7.60. The SMILES string of the molecule is COc1ccc(N2CCN(c3ncnc4sc(C(=O)Nc5cc(OC)c(OC)c(OC)c5)c(C)c34)CC2)cc1. The van der Waals surface area contributed by atoms with Gasteiger partial charge < -0.3 is 34.1 Å². The second-order valence-corrected chi connectivity index (χ2v) is 9.97. The van der Waals surface area contributed by atoms with Crippen LogP contribution in [0.25, 0.3) is 10.2 Å². The zero-order valence-electron chi connectivity index (χ0n) is 22.6. The Morgan fingerprint density at radius 3 is 2.10 bits per heavy atom. The molecule has 1 aliphatic rings. The number of ether oxygens (including phenoxy) is 4. The molecule has 0 bridgehead atoms. The molecule has 1 saturated heterocycles. The van der Waals surface area contributed by atoms with Gasteiger partial charge in [-0.25, -0.2) is 9.97 Å². The molecule has 0 saturated carbocycles. The highest BCUT2D eigenvalue weighted by atomic mass is 32.1. The molecule has 204 valence electrons. The molecule has 0 aliphatic carbocycles. The number of aryl methyl sites for hydroxylation is 1. The van der Waals surface area contributed by atoms with Crippen LogP contribution in [0.4, 0.5) is 17.2 Å². The van der Waals surface area contributed by atoms with Crippen LogP contribution in [0.5, 0.6) is 23.0 Å². The highest BCUT2D eigenvalue weighted by Gasteiger charge is 2.25. The maximum atomic E-state index is 13.4. The van der Waals surface area contributed by atoms with E-state index in [9.17, 15) is 4.79 Å². The molecule has 11 heteroatoms. The molecule has 0 spiro atoms. The fraction of sp³-hybridized carbons (Fsp3) is 0.321. The van der Waals surface area contributed by atoms with Crippen molar-refractivity contribution >= 4 is 44.7 Å². The summed E-state index contributed by atoms with van der Waals surface area (Å²) in [5.74, 6) is 2.85. The largest absolute Gasteiger partial charge is 0.497 e. The molecule has 5 rings (SSSR count). The average Bonchev–Trinajstić information content (AvgIpc) is 3.33. The van der Waals surface area contributed by atoms with E-state index in [2.05, 4.69) is 37.2 Å². The number of anilines is 3. The van der Waals surface area contributed by atoms with Crippen LogP contribution in [-0.4, -0.2) is 70.5 Å². The summed E-state index contributed by atoms with van der Waals surface area (Å²) < 4.78 is 21.5. The van der Waals surface area contributed by atoms with E-state index in [0.29, 0.717) is 27.8 Å². The van der Waals surface area contributed by atoms with Crippen molar-refractivity contribution in [2.24, 2.45) is 0 Å². The van der Waals surface area contributed by atoms with Gasteiger partial charge in [0.05, 0.1) is 38.7 Å². The van der Waals surface area contributed by atoms with Gasteiger partial charge >= 0.3 is 0 Å². The summed E-state index contributed by atoms with van der Waals surface area (Å²) in [4.78, 5) is 28.5. The minimum absolute atomic E-state index is 0.236. The number of aromatic nitrogens is 2. The monoisotopic (exact) mass is 549 g/mol. The number of nitrogens with one attached hydrogen (secondary N) is 1. The van der Waals surface area contributed by atoms with Gasteiger partial charge in [-0.1, -0.05) is 0 Å². The lowest BCUT2D eigenvalue weighted by Crippen LogP contribution is -2.46. The van der Waals surface area contributed by atoms with Gasteiger partial charge in [0.1, 0.15) is 22.7 Å².